The number of benzene rings is 1. The number of hydrogen-bond donors (Lipinski definition) is 0. The van der Waals surface area contributed by atoms with Gasteiger partial charge in [-0.1, -0.05) is 45.0 Å². The molecule has 2 aromatic rings. The minimum Gasteiger partial charge on any atom is -0.332 e. The van der Waals surface area contributed by atoms with Crippen LogP contribution in [0.15, 0.2) is 36.7 Å². The Balaban J connectivity index is 2.11. The maximum atomic E-state index is 12.2. The summed E-state index contributed by atoms with van der Waals surface area (Å²) in [6, 6.07) is 7.46. The van der Waals surface area contributed by atoms with Gasteiger partial charge in [-0.2, -0.15) is 0 Å². The van der Waals surface area contributed by atoms with Gasteiger partial charge in [0.1, 0.15) is 0 Å². The molecule has 4 nitrogen and oxygen atoms in total. The van der Waals surface area contributed by atoms with Crippen LogP contribution in [0.25, 0.3) is 0 Å². The molecule has 1 aromatic carbocycles. The lowest BCUT2D eigenvalue weighted by molar-refractivity contribution is 0.0886. The highest BCUT2D eigenvalue weighted by Gasteiger charge is 2.18. The topological polar surface area (TPSA) is 52.0 Å². The highest BCUT2D eigenvalue weighted by molar-refractivity contribution is 6.12. The van der Waals surface area contributed by atoms with Crippen LogP contribution in [0.5, 0.6) is 0 Å². The van der Waals surface area contributed by atoms with Crippen LogP contribution >= 0.6 is 0 Å². The summed E-state index contributed by atoms with van der Waals surface area (Å²) in [4.78, 5) is 28.2. The zero-order valence-corrected chi connectivity index (χ0v) is 12.9. The Hall–Kier alpha value is -2.23. The minimum absolute atomic E-state index is 0.0460. The third-order valence-electron chi connectivity index (χ3n) is 3.46. The third-order valence-corrected chi connectivity index (χ3v) is 3.46. The smallest absolute Gasteiger partial charge is 0.205 e. The van der Waals surface area contributed by atoms with Gasteiger partial charge in [0, 0.05) is 25.0 Å². The van der Waals surface area contributed by atoms with Crippen molar-refractivity contribution in [2.75, 3.05) is 0 Å². The van der Waals surface area contributed by atoms with Crippen LogP contribution in [0.1, 0.15) is 53.7 Å². The largest absolute Gasteiger partial charge is 0.332 e. The van der Waals surface area contributed by atoms with Crippen molar-refractivity contribution < 1.29 is 9.59 Å². The van der Waals surface area contributed by atoms with Crippen LogP contribution in [0.3, 0.4) is 0 Å². The molecule has 0 unspecified atom stereocenters. The van der Waals surface area contributed by atoms with Crippen LogP contribution in [0.2, 0.25) is 0 Å². The molecular weight excluding hydrogens is 264 g/mol. The lowest BCUT2D eigenvalue weighted by atomic mass is 9.86. The number of aryl methyl sites for hydroxylation is 1. The van der Waals surface area contributed by atoms with E-state index in [1.807, 2.05) is 12.1 Å². The number of aromatic nitrogens is 2. The first-order valence-electron chi connectivity index (χ1n) is 6.93. The van der Waals surface area contributed by atoms with Gasteiger partial charge in [-0.15, -0.1) is 0 Å². The van der Waals surface area contributed by atoms with Crippen molar-refractivity contribution in [3.05, 3.63) is 53.6 Å². The highest BCUT2D eigenvalue weighted by atomic mass is 16.1. The Labute approximate surface area is 124 Å². The molecule has 0 aliphatic carbocycles. The number of imidazole rings is 1. The van der Waals surface area contributed by atoms with Crippen molar-refractivity contribution >= 4 is 11.6 Å². The number of carbonyl (C=O) groups is 2. The second-order valence-corrected chi connectivity index (χ2v) is 6.21. The molecule has 0 atom stereocenters. The number of rotatable bonds is 4. The number of Topliss-reactive ketones (excluding diaryl/α,β-unsaturated/α-hetero) is 2. The van der Waals surface area contributed by atoms with Crippen molar-refractivity contribution in [1.29, 1.82) is 0 Å². The number of nitrogens with zero attached hydrogens (tertiary/aromatic N) is 2. The molecule has 21 heavy (non-hydrogen) atoms. The van der Waals surface area contributed by atoms with Crippen molar-refractivity contribution in [1.82, 2.24) is 9.55 Å². The molecule has 0 N–H and O–H groups in total. The Morgan fingerprint density at radius 3 is 2.19 bits per heavy atom. The number of hydrogen-bond acceptors (Lipinski definition) is 3. The molecule has 0 amide bonds. The van der Waals surface area contributed by atoms with Gasteiger partial charge in [-0.3, -0.25) is 9.59 Å². The molecule has 0 bridgehead atoms. The molecule has 0 radical (unpaired) electrons. The van der Waals surface area contributed by atoms with Crippen molar-refractivity contribution in [3.8, 4) is 0 Å². The Kier molecular flexibility index (Phi) is 4.07. The van der Waals surface area contributed by atoms with Crippen molar-refractivity contribution in [3.63, 3.8) is 0 Å². The maximum absolute atomic E-state index is 12.2. The zero-order valence-electron chi connectivity index (χ0n) is 12.9. The first-order chi connectivity index (χ1) is 9.79. The zero-order chi connectivity index (χ0) is 15.6. The van der Waals surface area contributed by atoms with E-state index in [1.165, 1.54) is 0 Å². The summed E-state index contributed by atoms with van der Waals surface area (Å²) in [6.07, 6.45) is 3.09. The second-order valence-electron chi connectivity index (χ2n) is 6.21. The van der Waals surface area contributed by atoms with Crippen LogP contribution in [0, 0.1) is 0 Å². The maximum Gasteiger partial charge on any atom is 0.205 e. The third kappa shape index (κ3) is 3.45. The van der Waals surface area contributed by atoms with Crippen molar-refractivity contribution in [2.45, 2.75) is 32.6 Å². The molecule has 1 heterocycles. The molecule has 0 aliphatic rings. The second kappa shape index (κ2) is 5.64. The van der Waals surface area contributed by atoms with E-state index in [-0.39, 0.29) is 23.4 Å². The quantitative estimate of drug-likeness (QED) is 0.640. The summed E-state index contributed by atoms with van der Waals surface area (Å²) in [5, 5.41) is 0. The normalized spacial score (nSPS) is 11.4. The molecule has 0 saturated carbocycles. The van der Waals surface area contributed by atoms with E-state index >= 15 is 0 Å². The van der Waals surface area contributed by atoms with E-state index in [0.29, 0.717) is 11.4 Å². The van der Waals surface area contributed by atoms with Gasteiger partial charge in [0.2, 0.25) is 5.78 Å². The Morgan fingerprint density at radius 2 is 1.71 bits per heavy atom. The first kappa shape index (κ1) is 15.2. The van der Waals surface area contributed by atoms with Gasteiger partial charge >= 0.3 is 0 Å². The van der Waals surface area contributed by atoms with Gasteiger partial charge in [-0.25, -0.2) is 4.98 Å². The van der Waals surface area contributed by atoms with E-state index < -0.39 is 0 Å². The summed E-state index contributed by atoms with van der Waals surface area (Å²) in [5.41, 5.74) is 1.77. The number of carbonyl (C=O) groups excluding carboxylic acids is 2. The van der Waals surface area contributed by atoms with Gasteiger partial charge < -0.3 is 4.57 Å². The molecule has 2 rings (SSSR count). The fraction of sp³-hybridized carbons (Fsp3) is 0.353. The van der Waals surface area contributed by atoms with Crippen molar-refractivity contribution in [2.24, 2.45) is 7.05 Å². The van der Waals surface area contributed by atoms with Crippen LogP contribution in [-0.2, 0) is 12.5 Å². The van der Waals surface area contributed by atoms with E-state index in [9.17, 15) is 9.59 Å². The first-order valence-corrected chi connectivity index (χ1v) is 6.93. The SMILES string of the molecule is Cn1ccnc1C(=O)CC(=O)c1ccc(C(C)(C)C)cc1. The van der Waals surface area contributed by atoms with E-state index in [1.54, 1.807) is 36.1 Å². The fourth-order valence-electron chi connectivity index (χ4n) is 2.12. The average Bonchev–Trinajstić information content (AvgIpc) is 2.84. The molecule has 0 fully saturated rings. The summed E-state index contributed by atoms with van der Waals surface area (Å²) in [6.45, 7) is 6.36. The number of ketones is 2. The summed E-state index contributed by atoms with van der Waals surface area (Å²) < 4.78 is 1.62. The highest BCUT2D eigenvalue weighted by Crippen LogP contribution is 2.22. The molecule has 110 valence electrons. The van der Waals surface area contributed by atoms with Gasteiger partial charge in [0.05, 0.1) is 6.42 Å². The van der Waals surface area contributed by atoms with E-state index in [0.717, 1.165) is 5.56 Å². The predicted octanol–water partition coefficient (Wildman–Crippen LogP) is 3.17. The Morgan fingerprint density at radius 1 is 1.10 bits per heavy atom. The fourth-order valence-corrected chi connectivity index (χ4v) is 2.12. The Bertz CT molecular complexity index is 661. The van der Waals surface area contributed by atoms with Crippen LogP contribution in [-0.4, -0.2) is 21.1 Å². The van der Waals surface area contributed by atoms with Crippen LogP contribution < -0.4 is 0 Å². The summed E-state index contributed by atoms with van der Waals surface area (Å²) >= 11 is 0. The molecule has 4 heteroatoms. The summed E-state index contributed by atoms with van der Waals surface area (Å²) in [7, 11) is 1.74. The lowest BCUT2D eigenvalue weighted by Gasteiger charge is -2.18. The van der Waals surface area contributed by atoms with Gasteiger partial charge in [-0.05, 0) is 11.0 Å². The van der Waals surface area contributed by atoms with E-state index in [2.05, 4.69) is 25.8 Å². The van der Waals surface area contributed by atoms with Gasteiger partial charge in [0.25, 0.3) is 0 Å². The molecule has 1 aromatic heterocycles. The monoisotopic (exact) mass is 284 g/mol. The van der Waals surface area contributed by atoms with Gasteiger partial charge in [0.15, 0.2) is 11.6 Å². The predicted molar refractivity (Wildman–Crippen MR) is 81.6 cm³/mol. The average molecular weight is 284 g/mol. The molecule has 0 aliphatic heterocycles. The standard InChI is InChI=1S/C17H20N2O2/c1-17(2,3)13-7-5-12(6-8-13)14(20)11-15(21)16-18-9-10-19(16)4/h5-10H,11H2,1-4H3. The van der Waals surface area contributed by atoms with Crippen LogP contribution in [0.4, 0.5) is 0 Å². The molecule has 0 saturated heterocycles. The summed E-state index contributed by atoms with van der Waals surface area (Å²) in [5.74, 6) is -0.120. The molecule has 0 spiro atoms. The van der Waals surface area contributed by atoms with E-state index in [4.69, 9.17) is 0 Å². The molecular formula is C17H20N2O2. The lowest BCUT2D eigenvalue weighted by Crippen LogP contribution is -2.14. The minimum atomic E-state index is -0.257.